The molecule has 4 heteroatoms. The SMILES string of the molecule is CC1=[C-]C(C)=CC1.[Cl-].[Cl-].[Cl-].[V+4]. The average Bonchev–Trinajstić information content (AvgIpc) is 1.87. The first-order chi connectivity index (χ1) is 3.29. The fraction of sp³-hybridized carbons (Fsp3) is 0.429. The summed E-state index contributed by atoms with van der Waals surface area (Å²) in [5.74, 6) is 0. The molecule has 0 N–H and O–H groups in total. The molecule has 0 saturated heterocycles. The van der Waals surface area contributed by atoms with Crippen LogP contribution in [0.2, 0.25) is 0 Å². The molecule has 11 heavy (non-hydrogen) atoms. The monoisotopic (exact) mass is 249 g/mol. The summed E-state index contributed by atoms with van der Waals surface area (Å²) in [5.41, 5.74) is 2.65. The summed E-state index contributed by atoms with van der Waals surface area (Å²) in [6.45, 7) is 4.18. The van der Waals surface area contributed by atoms with E-state index in [0.29, 0.717) is 0 Å². The molecular weight excluding hydrogens is 241 g/mol. The molecule has 0 aromatic carbocycles. The van der Waals surface area contributed by atoms with Gasteiger partial charge in [-0.15, -0.1) is 0 Å². The minimum atomic E-state index is 0. The third kappa shape index (κ3) is 8.84. The van der Waals surface area contributed by atoms with Gasteiger partial charge in [-0.2, -0.15) is 5.57 Å². The van der Waals surface area contributed by atoms with Gasteiger partial charge in [-0.3, -0.25) is 6.08 Å². The van der Waals surface area contributed by atoms with E-state index in [0.717, 1.165) is 6.42 Å². The van der Waals surface area contributed by atoms with Gasteiger partial charge in [-0.25, -0.2) is 11.6 Å². The Kier molecular flexibility index (Phi) is 22.5. The van der Waals surface area contributed by atoms with Crippen molar-refractivity contribution in [1.82, 2.24) is 0 Å². The Morgan fingerprint density at radius 2 is 1.64 bits per heavy atom. The summed E-state index contributed by atoms with van der Waals surface area (Å²) in [4.78, 5) is 0. The third-order valence-electron chi connectivity index (χ3n) is 1.12. The second-order valence-electron chi connectivity index (χ2n) is 2.00. The van der Waals surface area contributed by atoms with Crippen molar-refractivity contribution in [3.63, 3.8) is 0 Å². The van der Waals surface area contributed by atoms with Crippen LogP contribution < -0.4 is 37.2 Å². The van der Waals surface area contributed by atoms with Gasteiger partial charge in [0.15, 0.2) is 0 Å². The maximum absolute atomic E-state index is 3.19. The predicted molar refractivity (Wildman–Crippen MR) is 30.8 cm³/mol. The molecule has 1 radical (unpaired) electrons. The molecule has 1 aliphatic carbocycles. The predicted octanol–water partition coefficient (Wildman–Crippen LogP) is -6.90. The molecule has 0 aromatic heterocycles. The van der Waals surface area contributed by atoms with Crippen LogP contribution in [0.3, 0.4) is 0 Å². The van der Waals surface area contributed by atoms with Crippen molar-refractivity contribution >= 4 is 0 Å². The van der Waals surface area contributed by atoms with Crippen LogP contribution in [0.15, 0.2) is 17.2 Å². The molecule has 0 bridgehead atoms. The molecule has 0 aliphatic heterocycles. The Labute approximate surface area is 99.0 Å². The molecule has 0 heterocycles. The largest absolute Gasteiger partial charge is 4.00 e. The summed E-state index contributed by atoms with van der Waals surface area (Å²) in [6, 6.07) is 0. The van der Waals surface area contributed by atoms with Crippen molar-refractivity contribution in [2.45, 2.75) is 20.3 Å². The Morgan fingerprint density at radius 3 is 1.73 bits per heavy atom. The molecule has 0 unspecified atom stereocenters. The molecular formula is C7H9Cl3V. The van der Waals surface area contributed by atoms with Gasteiger partial charge in [0.1, 0.15) is 0 Å². The van der Waals surface area contributed by atoms with Crippen molar-refractivity contribution in [3.8, 4) is 0 Å². The molecule has 0 aromatic rings. The third-order valence-corrected chi connectivity index (χ3v) is 1.12. The fourth-order valence-corrected chi connectivity index (χ4v) is 0.745. The van der Waals surface area contributed by atoms with Crippen molar-refractivity contribution in [1.29, 1.82) is 0 Å². The van der Waals surface area contributed by atoms with Gasteiger partial charge in [-0.05, 0) is 0 Å². The first-order valence-electron chi connectivity index (χ1n) is 2.55. The summed E-state index contributed by atoms with van der Waals surface area (Å²) in [6.07, 6.45) is 6.50. The Morgan fingerprint density at radius 1 is 1.18 bits per heavy atom. The zero-order valence-electron chi connectivity index (χ0n) is 6.37. The Bertz CT molecular complexity index is 141. The van der Waals surface area contributed by atoms with Gasteiger partial charge >= 0.3 is 18.6 Å². The first kappa shape index (κ1) is 22.7. The normalized spacial score (nSPS) is 12.2. The zero-order valence-corrected chi connectivity index (χ0v) is 10.0. The summed E-state index contributed by atoms with van der Waals surface area (Å²) in [5, 5.41) is 0. The molecule has 0 saturated carbocycles. The molecule has 0 spiro atoms. The maximum atomic E-state index is 3.19. The van der Waals surface area contributed by atoms with Gasteiger partial charge in [0.05, 0.1) is 0 Å². The van der Waals surface area contributed by atoms with E-state index in [9.17, 15) is 0 Å². The van der Waals surface area contributed by atoms with E-state index in [2.05, 4.69) is 26.0 Å². The average molecular weight is 250 g/mol. The molecule has 0 nitrogen and oxygen atoms in total. The van der Waals surface area contributed by atoms with Crippen LogP contribution >= 0.6 is 0 Å². The molecule has 1 rings (SSSR count). The molecule has 0 atom stereocenters. The first-order valence-corrected chi connectivity index (χ1v) is 2.55. The van der Waals surface area contributed by atoms with Crippen LogP contribution in [0.5, 0.6) is 0 Å². The number of rotatable bonds is 0. The second-order valence-corrected chi connectivity index (χ2v) is 2.00. The second kappa shape index (κ2) is 10.9. The molecule has 0 fully saturated rings. The van der Waals surface area contributed by atoms with Crippen molar-refractivity contribution in [2.24, 2.45) is 0 Å². The number of halogens is 3. The van der Waals surface area contributed by atoms with E-state index in [1.807, 2.05) is 0 Å². The van der Waals surface area contributed by atoms with Crippen molar-refractivity contribution in [2.75, 3.05) is 0 Å². The minimum absolute atomic E-state index is 0. The van der Waals surface area contributed by atoms with Gasteiger partial charge in [-0.1, -0.05) is 20.3 Å². The minimum Gasteiger partial charge on any atom is -1.00 e. The van der Waals surface area contributed by atoms with E-state index in [-0.39, 0.29) is 55.8 Å². The van der Waals surface area contributed by atoms with Gasteiger partial charge in [0, 0.05) is 0 Å². The summed E-state index contributed by atoms with van der Waals surface area (Å²) < 4.78 is 0. The Balaban J connectivity index is -0.0000000612. The molecule has 0 amide bonds. The summed E-state index contributed by atoms with van der Waals surface area (Å²) in [7, 11) is 0. The van der Waals surface area contributed by atoms with Crippen LogP contribution in [-0.2, 0) is 18.6 Å². The standard InChI is InChI=1S/C7H9.3ClH.V/c1-6-3-4-7(2)5-6;;;;/h3H,4H2,1-2H3;3*1H;/q-1;;;;+4/p-3. The smallest absolute Gasteiger partial charge is 1.00 e. The van der Waals surface area contributed by atoms with Crippen LogP contribution in [0.4, 0.5) is 0 Å². The van der Waals surface area contributed by atoms with Crippen LogP contribution in [0, 0.1) is 6.08 Å². The van der Waals surface area contributed by atoms with E-state index >= 15 is 0 Å². The van der Waals surface area contributed by atoms with Crippen molar-refractivity contribution < 1.29 is 55.8 Å². The number of hydrogen-bond acceptors (Lipinski definition) is 0. The Hall–Kier alpha value is 0.934. The fourth-order valence-electron chi connectivity index (χ4n) is 0.745. The zero-order chi connectivity index (χ0) is 5.28. The van der Waals surface area contributed by atoms with Crippen LogP contribution in [-0.4, -0.2) is 0 Å². The van der Waals surface area contributed by atoms with E-state index in [1.165, 1.54) is 11.1 Å². The number of allylic oxidation sites excluding steroid dienone is 4. The van der Waals surface area contributed by atoms with E-state index < -0.39 is 0 Å². The van der Waals surface area contributed by atoms with Crippen molar-refractivity contribution in [3.05, 3.63) is 23.3 Å². The maximum Gasteiger partial charge on any atom is 4.00 e. The number of hydrogen-bond donors (Lipinski definition) is 0. The molecule has 63 valence electrons. The molecule has 1 aliphatic rings. The van der Waals surface area contributed by atoms with E-state index in [4.69, 9.17) is 0 Å². The van der Waals surface area contributed by atoms with Gasteiger partial charge in [0.2, 0.25) is 0 Å². The topological polar surface area (TPSA) is 0 Å². The van der Waals surface area contributed by atoms with E-state index in [1.54, 1.807) is 0 Å². The van der Waals surface area contributed by atoms with Crippen LogP contribution in [0.25, 0.3) is 0 Å². The van der Waals surface area contributed by atoms with Gasteiger partial charge < -0.3 is 37.2 Å². The quantitative estimate of drug-likeness (QED) is 0.375. The van der Waals surface area contributed by atoms with Crippen LogP contribution in [0.1, 0.15) is 20.3 Å². The summed E-state index contributed by atoms with van der Waals surface area (Å²) >= 11 is 0. The van der Waals surface area contributed by atoms with Gasteiger partial charge in [0.25, 0.3) is 0 Å².